The normalized spacial score (nSPS) is 12.4. The second-order valence-corrected chi connectivity index (χ2v) is 16.7. The molecule has 5 heteroatoms. The molecule has 0 saturated heterocycles. The van der Waals surface area contributed by atoms with Crippen LogP contribution in [-0.4, -0.2) is 67.6 Å². The molecule has 0 spiro atoms. The molecule has 4 aromatic rings. The third kappa shape index (κ3) is 13.6. The van der Waals surface area contributed by atoms with Crippen LogP contribution in [0.25, 0.3) is 0 Å². The lowest BCUT2D eigenvalue weighted by Gasteiger charge is -2.28. The molecule has 57 heavy (non-hydrogen) atoms. The molecule has 0 heterocycles. The first-order chi connectivity index (χ1) is 27.6. The van der Waals surface area contributed by atoms with E-state index in [1.807, 2.05) is 0 Å². The van der Waals surface area contributed by atoms with E-state index in [1.54, 1.807) is 0 Å². The van der Waals surface area contributed by atoms with E-state index in [9.17, 15) is 0 Å². The molecule has 0 saturated carbocycles. The summed E-state index contributed by atoms with van der Waals surface area (Å²) in [7, 11) is 8.45. The van der Waals surface area contributed by atoms with Gasteiger partial charge in [0, 0.05) is 102 Å². The molecule has 0 N–H and O–H groups in total. The zero-order valence-electron chi connectivity index (χ0n) is 37.7. The molecule has 312 valence electrons. The number of benzene rings is 4. The Labute approximate surface area is 349 Å². The van der Waals surface area contributed by atoms with Crippen LogP contribution in [0.1, 0.15) is 137 Å². The van der Waals surface area contributed by atoms with E-state index < -0.39 is 0 Å². The number of hydrogen-bond acceptors (Lipinski definition) is 5. The minimum atomic E-state index is 0.266. The summed E-state index contributed by atoms with van der Waals surface area (Å²) < 4.78 is 6.65. The monoisotopic (exact) mass is 775 g/mol. The molecule has 2 unspecified atom stereocenters. The van der Waals surface area contributed by atoms with Gasteiger partial charge >= 0.3 is 0 Å². The minimum absolute atomic E-state index is 0.266. The highest BCUT2D eigenvalue weighted by atomic mass is 16.5. The topological polar surface area (TPSA) is 22.2 Å². The Morgan fingerprint density at radius 2 is 0.754 bits per heavy atom. The highest BCUT2D eigenvalue weighted by molar-refractivity contribution is 5.55. The number of rotatable bonds is 26. The van der Waals surface area contributed by atoms with Crippen molar-refractivity contribution in [3.63, 3.8) is 0 Å². The lowest BCUT2D eigenvalue weighted by Crippen LogP contribution is -2.25. The maximum absolute atomic E-state index is 6.65. The maximum atomic E-state index is 6.65. The largest absolute Gasteiger partial charge is 0.381 e. The van der Waals surface area contributed by atoms with Crippen LogP contribution in [-0.2, 0) is 4.74 Å². The van der Waals surface area contributed by atoms with Crippen molar-refractivity contribution in [2.24, 2.45) is 0 Å². The lowest BCUT2D eigenvalue weighted by atomic mass is 9.85. The summed E-state index contributed by atoms with van der Waals surface area (Å²) in [4.78, 5) is 9.56. The first kappa shape index (κ1) is 45.7. The maximum Gasteiger partial charge on any atom is 0.0475 e. The number of anilines is 4. The average Bonchev–Trinajstić information content (AvgIpc) is 3.21. The highest BCUT2D eigenvalue weighted by Gasteiger charge is 2.21. The number of hydrogen-bond donors (Lipinski definition) is 0. The summed E-state index contributed by atoms with van der Waals surface area (Å²) >= 11 is 0. The lowest BCUT2D eigenvalue weighted by molar-refractivity contribution is 0.124. The van der Waals surface area contributed by atoms with Gasteiger partial charge in [-0.1, -0.05) is 89.8 Å². The van der Waals surface area contributed by atoms with Crippen molar-refractivity contribution in [2.45, 2.75) is 118 Å². The van der Waals surface area contributed by atoms with Gasteiger partial charge in [0.05, 0.1) is 0 Å². The zero-order valence-corrected chi connectivity index (χ0v) is 37.7. The molecule has 0 amide bonds. The van der Waals surface area contributed by atoms with Gasteiger partial charge in [-0.2, -0.15) is 0 Å². The van der Waals surface area contributed by atoms with Crippen LogP contribution < -0.4 is 19.6 Å². The molecule has 0 aliphatic carbocycles. The van der Waals surface area contributed by atoms with Crippen LogP contribution in [0.4, 0.5) is 22.7 Å². The Bertz CT molecular complexity index is 1570. The van der Waals surface area contributed by atoms with E-state index in [0.29, 0.717) is 13.2 Å². The summed E-state index contributed by atoms with van der Waals surface area (Å²) in [6.45, 7) is 19.7. The second kappa shape index (κ2) is 24.1. The van der Waals surface area contributed by atoms with E-state index in [1.165, 1.54) is 107 Å². The van der Waals surface area contributed by atoms with Gasteiger partial charge in [-0.15, -0.1) is 0 Å². The van der Waals surface area contributed by atoms with Gasteiger partial charge in [-0.25, -0.2) is 0 Å². The number of nitrogens with zero attached hydrogens (tertiary/aromatic N) is 4. The predicted molar refractivity (Wildman–Crippen MR) is 252 cm³/mol. The number of ether oxygens (including phenoxy) is 1. The smallest absolute Gasteiger partial charge is 0.0475 e. The molecule has 2 atom stereocenters. The van der Waals surface area contributed by atoms with Gasteiger partial charge in [-0.05, 0) is 134 Å². The Balaban J connectivity index is 1.55. The molecule has 0 fully saturated rings. The fraction of sp³-hybridized carbons (Fsp3) is 0.538. The first-order valence-electron chi connectivity index (χ1n) is 22.4. The molecular weight excluding hydrogens is 697 g/mol. The van der Waals surface area contributed by atoms with Crippen LogP contribution in [0.3, 0.4) is 0 Å². The summed E-state index contributed by atoms with van der Waals surface area (Å²) in [6, 6.07) is 32.8. The van der Waals surface area contributed by atoms with Crippen LogP contribution in [0.5, 0.6) is 0 Å². The summed E-state index contributed by atoms with van der Waals surface area (Å²) in [6.07, 6.45) is 11.7. The number of aryl methyl sites for hydroxylation is 2. The van der Waals surface area contributed by atoms with Gasteiger partial charge in [0.25, 0.3) is 0 Å². The fourth-order valence-corrected chi connectivity index (χ4v) is 8.15. The quantitative estimate of drug-likeness (QED) is 0.0591. The Morgan fingerprint density at radius 1 is 0.439 bits per heavy atom. The van der Waals surface area contributed by atoms with Crippen molar-refractivity contribution in [3.05, 3.63) is 118 Å². The van der Waals surface area contributed by atoms with Gasteiger partial charge in [0.1, 0.15) is 0 Å². The third-order valence-electron chi connectivity index (χ3n) is 11.8. The standard InChI is InChI=1S/C52H78N4O/c1-11-15-33-55(34-16-12-2)47-27-29-49(41(5)39-47)51(43-19-23-45(24-20-43)53(7)8)31-37-57-38-32-52(44-21-25-46(26-22-44)54(9)10)50-30-28-48(40-42(50)6)56(35-17-13-3)36-18-14-4/h19-30,39-40,51-52H,11-18,31-38H2,1-10H3. The SMILES string of the molecule is CCCCN(CCCC)c1ccc(C(CCOCCC(c2ccc(N(C)C)cc2)c2ccc(N(CCCC)CCCC)cc2C)c2ccc(N(C)C)cc2)c(C)c1. The average molecular weight is 775 g/mol. The molecule has 0 aliphatic rings. The molecular formula is C52H78N4O. The van der Waals surface area contributed by atoms with Crippen molar-refractivity contribution in [1.29, 1.82) is 0 Å². The Morgan fingerprint density at radius 3 is 1.04 bits per heavy atom. The molecule has 0 aromatic heterocycles. The van der Waals surface area contributed by atoms with Crippen molar-refractivity contribution in [3.8, 4) is 0 Å². The highest BCUT2D eigenvalue weighted by Crippen LogP contribution is 2.36. The van der Waals surface area contributed by atoms with Gasteiger partial charge < -0.3 is 24.3 Å². The summed E-state index contributed by atoms with van der Waals surface area (Å²) in [5, 5.41) is 0. The van der Waals surface area contributed by atoms with Gasteiger partial charge in [0.15, 0.2) is 0 Å². The summed E-state index contributed by atoms with van der Waals surface area (Å²) in [5.41, 5.74) is 13.4. The second-order valence-electron chi connectivity index (χ2n) is 16.7. The van der Waals surface area contributed by atoms with E-state index in [0.717, 1.165) is 39.0 Å². The zero-order chi connectivity index (χ0) is 41.2. The van der Waals surface area contributed by atoms with Crippen LogP contribution in [0.2, 0.25) is 0 Å². The Kier molecular flexibility index (Phi) is 19.3. The van der Waals surface area contributed by atoms with Crippen LogP contribution in [0.15, 0.2) is 84.9 Å². The molecule has 4 aromatic carbocycles. The minimum Gasteiger partial charge on any atom is -0.381 e. The third-order valence-corrected chi connectivity index (χ3v) is 11.8. The molecule has 0 radical (unpaired) electrons. The summed E-state index contributed by atoms with van der Waals surface area (Å²) in [5.74, 6) is 0.532. The van der Waals surface area contributed by atoms with Gasteiger partial charge in [0.2, 0.25) is 0 Å². The molecule has 0 aliphatic heterocycles. The number of unbranched alkanes of at least 4 members (excludes halogenated alkanes) is 4. The van der Waals surface area contributed by atoms with E-state index in [4.69, 9.17) is 4.74 Å². The first-order valence-corrected chi connectivity index (χ1v) is 22.4. The van der Waals surface area contributed by atoms with E-state index in [2.05, 4.69) is 174 Å². The van der Waals surface area contributed by atoms with Crippen molar-refractivity contribution < 1.29 is 4.74 Å². The van der Waals surface area contributed by atoms with E-state index >= 15 is 0 Å². The molecule has 4 rings (SSSR count). The molecule has 5 nitrogen and oxygen atoms in total. The van der Waals surface area contributed by atoms with Crippen molar-refractivity contribution >= 4 is 22.7 Å². The fourth-order valence-electron chi connectivity index (χ4n) is 8.15. The van der Waals surface area contributed by atoms with E-state index in [-0.39, 0.29) is 11.8 Å². The molecule has 0 bridgehead atoms. The Hall–Kier alpha value is -3.96. The van der Waals surface area contributed by atoms with Gasteiger partial charge in [-0.3, -0.25) is 0 Å². The van der Waals surface area contributed by atoms with Crippen molar-refractivity contribution in [1.82, 2.24) is 0 Å². The van der Waals surface area contributed by atoms with Crippen LogP contribution >= 0.6 is 0 Å². The van der Waals surface area contributed by atoms with Crippen LogP contribution in [0, 0.1) is 13.8 Å². The predicted octanol–water partition coefficient (Wildman–Crippen LogP) is 13.0. The van der Waals surface area contributed by atoms with Crippen molar-refractivity contribution in [2.75, 3.05) is 87.2 Å².